The fourth-order valence-electron chi connectivity index (χ4n) is 1.55. The van der Waals surface area contributed by atoms with Crippen LogP contribution in [-0.4, -0.2) is 4.92 Å². The summed E-state index contributed by atoms with van der Waals surface area (Å²) in [7, 11) is 0. The first-order valence-electron chi connectivity index (χ1n) is 5.47. The number of alkyl halides is 1. The van der Waals surface area contributed by atoms with Gasteiger partial charge in [-0.15, -0.1) is 11.6 Å². The van der Waals surface area contributed by atoms with Crippen LogP contribution in [0.3, 0.4) is 0 Å². The molecule has 0 unspecified atom stereocenters. The van der Waals surface area contributed by atoms with Crippen LogP contribution in [0.5, 0.6) is 11.5 Å². The normalized spacial score (nSPS) is 10.3. The SMILES string of the molecule is O=[N+]([O-])c1ccc(Cl)cc1Oc1ccc(CCl)cc1F. The Morgan fingerprint density at radius 1 is 1.20 bits per heavy atom. The molecule has 0 saturated carbocycles. The summed E-state index contributed by atoms with van der Waals surface area (Å²) in [4.78, 5) is 10.3. The fourth-order valence-corrected chi connectivity index (χ4v) is 1.88. The van der Waals surface area contributed by atoms with Crippen LogP contribution in [0.2, 0.25) is 5.02 Å². The molecule has 0 fully saturated rings. The standard InChI is InChI=1S/C13H8Cl2FNO3/c14-7-8-1-4-12(10(16)5-8)20-13-6-9(15)2-3-11(13)17(18)19/h1-6H,7H2. The van der Waals surface area contributed by atoms with E-state index in [1.54, 1.807) is 6.07 Å². The van der Waals surface area contributed by atoms with Gasteiger partial charge in [0.1, 0.15) is 0 Å². The smallest absolute Gasteiger partial charge is 0.311 e. The van der Waals surface area contributed by atoms with Crippen molar-refractivity contribution in [3.05, 3.63) is 62.9 Å². The van der Waals surface area contributed by atoms with E-state index in [0.717, 1.165) is 0 Å². The third-order valence-electron chi connectivity index (χ3n) is 2.49. The van der Waals surface area contributed by atoms with E-state index in [1.807, 2.05) is 0 Å². The first-order chi connectivity index (χ1) is 9.51. The molecule has 0 aliphatic heterocycles. The van der Waals surface area contributed by atoms with Crippen molar-refractivity contribution in [2.24, 2.45) is 0 Å². The molecule has 0 heterocycles. The molecule has 0 atom stereocenters. The van der Waals surface area contributed by atoms with Crippen molar-refractivity contribution in [3.63, 3.8) is 0 Å². The lowest BCUT2D eigenvalue weighted by Crippen LogP contribution is -1.95. The van der Waals surface area contributed by atoms with Crippen LogP contribution in [0.1, 0.15) is 5.56 Å². The van der Waals surface area contributed by atoms with Gasteiger partial charge < -0.3 is 4.74 Å². The highest BCUT2D eigenvalue weighted by atomic mass is 35.5. The Morgan fingerprint density at radius 2 is 1.95 bits per heavy atom. The highest BCUT2D eigenvalue weighted by molar-refractivity contribution is 6.30. The average molecular weight is 316 g/mol. The number of nitrogens with zero attached hydrogens (tertiary/aromatic N) is 1. The molecule has 0 N–H and O–H groups in total. The highest BCUT2D eigenvalue weighted by Gasteiger charge is 2.17. The number of rotatable bonds is 4. The maximum atomic E-state index is 13.8. The number of nitro groups is 1. The number of nitro benzene ring substituents is 1. The van der Waals surface area contributed by atoms with Crippen LogP contribution in [0.15, 0.2) is 36.4 Å². The Hall–Kier alpha value is -1.85. The largest absolute Gasteiger partial charge is 0.447 e. The van der Waals surface area contributed by atoms with E-state index >= 15 is 0 Å². The Balaban J connectivity index is 2.39. The van der Waals surface area contributed by atoms with Gasteiger partial charge in [0.05, 0.1) is 4.92 Å². The van der Waals surface area contributed by atoms with Crippen LogP contribution in [-0.2, 0) is 5.88 Å². The lowest BCUT2D eigenvalue weighted by atomic mass is 10.2. The zero-order chi connectivity index (χ0) is 14.7. The molecule has 0 saturated heterocycles. The average Bonchev–Trinajstić information content (AvgIpc) is 2.40. The van der Waals surface area contributed by atoms with E-state index in [2.05, 4.69) is 0 Å². The van der Waals surface area contributed by atoms with E-state index in [1.165, 1.54) is 30.3 Å². The number of hydrogen-bond donors (Lipinski definition) is 0. The van der Waals surface area contributed by atoms with Crippen LogP contribution in [0.25, 0.3) is 0 Å². The van der Waals surface area contributed by atoms with Crippen LogP contribution in [0.4, 0.5) is 10.1 Å². The van der Waals surface area contributed by atoms with Crippen molar-refractivity contribution < 1.29 is 14.1 Å². The summed E-state index contributed by atoms with van der Waals surface area (Å²) in [5.74, 6) is -0.754. The molecule has 0 aliphatic carbocycles. The summed E-state index contributed by atoms with van der Waals surface area (Å²) >= 11 is 11.3. The van der Waals surface area contributed by atoms with Gasteiger partial charge in [0.15, 0.2) is 11.6 Å². The molecule has 2 rings (SSSR count). The molecule has 0 bridgehead atoms. The molecule has 0 amide bonds. The van der Waals surface area contributed by atoms with Gasteiger partial charge in [0.2, 0.25) is 5.75 Å². The summed E-state index contributed by atoms with van der Waals surface area (Å²) in [5.41, 5.74) is 0.285. The molecule has 2 aromatic rings. The van der Waals surface area contributed by atoms with Crippen molar-refractivity contribution in [2.75, 3.05) is 0 Å². The van der Waals surface area contributed by atoms with Crippen molar-refractivity contribution in [1.29, 1.82) is 0 Å². The second-order valence-electron chi connectivity index (χ2n) is 3.87. The summed E-state index contributed by atoms with van der Waals surface area (Å²) in [5, 5.41) is 11.1. The topological polar surface area (TPSA) is 52.4 Å². The van der Waals surface area contributed by atoms with Crippen molar-refractivity contribution >= 4 is 28.9 Å². The Labute approximate surface area is 123 Å². The molecule has 0 aliphatic rings. The van der Waals surface area contributed by atoms with E-state index in [4.69, 9.17) is 27.9 Å². The van der Waals surface area contributed by atoms with Crippen molar-refractivity contribution in [3.8, 4) is 11.5 Å². The highest BCUT2D eigenvalue weighted by Crippen LogP contribution is 2.34. The van der Waals surface area contributed by atoms with Gasteiger partial charge in [0.25, 0.3) is 0 Å². The van der Waals surface area contributed by atoms with E-state index in [9.17, 15) is 14.5 Å². The molecule has 0 radical (unpaired) electrons. The Morgan fingerprint density at radius 3 is 2.55 bits per heavy atom. The molecule has 104 valence electrons. The zero-order valence-corrected chi connectivity index (χ0v) is 11.5. The predicted octanol–water partition coefficient (Wildman–Crippen LogP) is 4.92. The second-order valence-corrected chi connectivity index (χ2v) is 4.57. The zero-order valence-electron chi connectivity index (χ0n) is 9.98. The lowest BCUT2D eigenvalue weighted by Gasteiger charge is -2.08. The number of hydrogen-bond acceptors (Lipinski definition) is 3. The molecule has 20 heavy (non-hydrogen) atoms. The minimum atomic E-state index is -0.655. The third kappa shape index (κ3) is 3.18. The molecule has 4 nitrogen and oxygen atoms in total. The van der Waals surface area contributed by atoms with Gasteiger partial charge in [-0.3, -0.25) is 10.1 Å². The van der Waals surface area contributed by atoms with E-state index in [-0.39, 0.29) is 28.1 Å². The minimum Gasteiger partial charge on any atom is -0.447 e. The molecule has 0 spiro atoms. The Kier molecular flexibility index (Phi) is 4.42. The summed E-state index contributed by atoms with van der Waals surface area (Å²) in [6.07, 6.45) is 0. The van der Waals surface area contributed by atoms with Crippen LogP contribution >= 0.6 is 23.2 Å². The predicted molar refractivity (Wildman–Crippen MR) is 74.1 cm³/mol. The molecule has 0 aromatic heterocycles. The quantitative estimate of drug-likeness (QED) is 0.457. The van der Waals surface area contributed by atoms with E-state index in [0.29, 0.717) is 5.56 Å². The monoisotopic (exact) mass is 315 g/mol. The Bertz CT molecular complexity index is 664. The van der Waals surface area contributed by atoms with Gasteiger partial charge in [-0.25, -0.2) is 4.39 Å². The first-order valence-corrected chi connectivity index (χ1v) is 6.38. The number of halogens is 3. The maximum absolute atomic E-state index is 13.8. The molecular weight excluding hydrogens is 308 g/mol. The van der Waals surface area contributed by atoms with E-state index < -0.39 is 10.7 Å². The second kappa shape index (κ2) is 6.07. The summed E-state index contributed by atoms with van der Waals surface area (Å²) in [6, 6.07) is 7.95. The van der Waals surface area contributed by atoms with Crippen molar-refractivity contribution in [1.82, 2.24) is 0 Å². The maximum Gasteiger partial charge on any atom is 0.311 e. The summed E-state index contributed by atoms with van der Waals surface area (Å²) in [6.45, 7) is 0. The minimum absolute atomic E-state index is 0.125. The first kappa shape index (κ1) is 14.6. The number of benzene rings is 2. The fraction of sp³-hybridized carbons (Fsp3) is 0.0769. The van der Waals surface area contributed by atoms with Gasteiger partial charge in [-0.05, 0) is 23.8 Å². The molecular formula is C13H8Cl2FNO3. The van der Waals surface area contributed by atoms with Gasteiger partial charge >= 0.3 is 5.69 Å². The van der Waals surface area contributed by atoms with Gasteiger partial charge in [-0.1, -0.05) is 17.7 Å². The van der Waals surface area contributed by atoms with Crippen LogP contribution < -0.4 is 4.74 Å². The van der Waals surface area contributed by atoms with Gasteiger partial charge in [-0.2, -0.15) is 0 Å². The van der Waals surface area contributed by atoms with Gasteiger partial charge in [0, 0.05) is 23.0 Å². The molecule has 7 heteroatoms. The molecule has 2 aromatic carbocycles. The number of ether oxygens (including phenoxy) is 1. The van der Waals surface area contributed by atoms with Crippen molar-refractivity contribution in [2.45, 2.75) is 5.88 Å². The lowest BCUT2D eigenvalue weighted by molar-refractivity contribution is -0.385. The summed E-state index contributed by atoms with van der Waals surface area (Å²) < 4.78 is 19.0. The van der Waals surface area contributed by atoms with Crippen LogP contribution in [0, 0.1) is 15.9 Å². The third-order valence-corrected chi connectivity index (χ3v) is 3.03.